The topological polar surface area (TPSA) is 43.4 Å². The van der Waals surface area contributed by atoms with Crippen LogP contribution in [0.5, 0.6) is 0 Å². The van der Waals surface area contributed by atoms with Crippen LogP contribution in [0.4, 0.5) is 0 Å². The number of hydrogen-bond donors (Lipinski definition) is 0. The molecule has 1 aliphatic carbocycles. The predicted octanol–water partition coefficient (Wildman–Crippen LogP) is 2.01. The van der Waals surface area contributed by atoms with Crippen LogP contribution in [0.2, 0.25) is 0 Å². The second kappa shape index (κ2) is 4.94. The van der Waals surface area contributed by atoms with Crippen LogP contribution in [-0.2, 0) is 14.3 Å². The van der Waals surface area contributed by atoms with Gasteiger partial charge in [-0.15, -0.1) is 0 Å². The van der Waals surface area contributed by atoms with Crippen LogP contribution in [0.1, 0.15) is 39.5 Å². The van der Waals surface area contributed by atoms with E-state index in [1.807, 2.05) is 6.92 Å². The van der Waals surface area contributed by atoms with Crippen molar-refractivity contribution in [2.24, 2.45) is 0 Å². The lowest BCUT2D eigenvalue weighted by Gasteiger charge is -2.04. The molecule has 0 aromatic carbocycles. The van der Waals surface area contributed by atoms with E-state index in [4.69, 9.17) is 4.74 Å². The molecule has 78 valence electrons. The standard InChI is InChI=1S/C11H16O3/c1-3-10(12)8-6-5-7-9(8)11(13)14-4-2/h3-7H2,1-2H3. The van der Waals surface area contributed by atoms with E-state index in [1.165, 1.54) is 0 Å². The third-order valence-corrected chi connectivity index (χ3v) is 2.40. The molecule has 1 aliphatic rings. The fraction of sp³-hybridized carbons (Fsp3) is 0.636. The molecule has 0 fully saturated rings. The minimum atomic E-state index is -0.304. The zero-order valence-corrected chi connectivity index (χ0v) is 8.76. The van der Waals surface area contributed by atoms with Gasteiger partial charge in [0.1, 0.15) is 0 Å². The SMILES string of the molecule is CCOC(=O)C1=C(C(=O)CC)CCC1. The maximum absolute atomic E-state index is 11.5. The van der Waals surface area contributed by atoms with Crippen molar-refractivity contribution in [3.05, 3.63) is 11.1 Å². The molecule has 1 rings (SSSR count). The van der Waals surface area contributed by atoms with E-state index in [0.717, 1.165) is 12.8 Å². The fourth-order valence-electron chi connectivity index (χ4n) is 1.71. The van der Waals surface area contributed by atoms with E-state index in [2.05, 4.69) is 0 Å². The highest BCUT2D eigenvalue weighted by Gasteiger charge is 2.25. The molecule has 0 radical (unpaired) electrons. The highest BCUT2D eigenvalue weighted by atomic mass is 16.5. The number of allylic oxidation sites excluding steroid dienone is 1. The van der Waals surface area contributed by atoms with Crippen molar-refractivity contribution in [1.29, 1.82) is 0 Å². The Morgan fingerprint density at radius 1 is 1.21 bits per heavy atom. The number of ether oxygens (including phenoxy) is 1. The first-order valence-electron chi connectivity index (χ1n) is 5.13. The second-order valence-electron chi connectivity index (χ2n) is 3.31. The van der Waals surface area contributed by atoms with Gasteiger partial charge in [-0.3, -0.25) is 4.79 Å². The molecule has 0 saturated carbocycles. The summed E-state index contributed by atoms with van der Waals surface area (Å²) < 4.78 is 4.90. The summed E-state index contributed by atoms with van der Waals surface area (Å²) in [6, 6.07) is 0. The number of rotatable bonds is 4. The van der Waals surface area contributed by atoms with E-state index in [1.54, 1.807) is 6.92 Å². The second-order valence-corrected chi connectivity index (χ2v) is 3.31. The van der Waals surface area contributed by atoms with Gasteiger partial charge in [-0.05, 0) is 26.2 Å². The van der Waals surface area contributed by atoms with Gasteiger partial charge < -0.3 is 4.74 Å². The van der Waals surface area contributed by atoms with Crippen LogP contribution in [0, 0.1) is 0 Å². The molecule has 0 saturated heterocycles. The van der Waals surface area contributed by atoms with Crippen LogP contribution in [0.25, 0.3) is 0 Å². The zero-order valence-electron chi connectivity index (χ0n) is 8.76. The number of carbonyl (C=O) groups is 2. The predicted molar refractivity (Wildman–Crippen MR) is 52.8 cm³/mol. The molecule has 0 N–H and O–H groups in total. The minimum absolute atomic E-state index is 0.0885. The molecule has 0 amide bonds. The number of hydrogen-bond acceptors (Lipinski definition) is 3. The zero-order chi connectivity index (χ0) is 10.6. The van der Waals surface area contributed by atoms with E-state index in [-0.39, 0.29) is 11.8 Å². The van der Waals surface area contributed by atoms with Crippen LogP contribution in [0.3, 0.4) is 0 Å². The maximum Gasteiger partial charge on any atom is 0.334 e. The maximum atomic E-state index is 11.5. The molecule has 0 aliphatic heterocycles. The van der Waals surface area contributed by atoms with Gasteiger partial charge in [-0.2, -0.15) is 0 Å². The number of Topliss-reactive ketones (excluding diaryl/α,β-unsaturated/α-hetero) is 1. The normalized spacial score (nSPS) is 15.9. The summed E-state index contributed by atoms with van der Waals surface area (Å²) in [7, 11) is 0. The molecule has 0 atom stereocenters. The van der Waals surface area contributed by atoms with Crippen molar-refractivity contribution in [3.8, 4) is 0 Å². The smallest absolute Gasteiger partial charge is 0.334 e. The van der Waals surface area contributed by atoms with Crippen LogP contribution in [0.15, 0.2) is 11.1 Å². The van der Waals surface area contributed by atoms with Crippen molar-refractivity contribution < 1.29 is 14.3 Å². The lowest BCUT2D eigenvalue weighted by atomic mass is 10.1. The van der Waals surface area contributed by atoms with Gasteiger partial charge >= 0.3 is 5.97 Å². The van der Waals surface area contributed by atoms with Gasteiger partial charge in [0.25, 0.3) is 0 Å². The summed E-state index contributed by atoms with van der Waals surface area (Å²) >= 11 is 0. The van der Waals surface area contributed by atoms with Crippen molar-refractivity contribution >= 4 is 11.8 Å². The largest absolute Gasteiger partial charge is 0.463 e. The average Bonchev–Trinajstić information content (AvgIpc) is 2.65. The summed E-state index contributed by atoms with van der Waals surface area (Å²) in [6.07, 6.45) is 2.80. The van der Waals surface area contributed by atoms with Gasteiger partial charge in [-0.25, -0.2) is 4.79 Å². The number of esters is 1. The Balaban J connectivity index is 2.82. The molecule has 0 bridgehead atoms. The number of carbonyl (C=O) groups excluding carboxylic acids is 2. The monoisotopic (exact) mass is 196 g/mol. The van der Waals surface area contributed by atoms with Crippen molar-refractivity contribution in [3.63, 3.8) is 0 Å². The third kappa shape index (κ3) is 2.22. The van der Waals surface area contributed by atoms with E-state index in [0.29, 0.717) is 30.6 Å². The highest BCUT2D eigenvalue weighted by Crippen LogP contribution is 2.28. The van der Waals surface area contributed by atoms with Crippen molar-refractivity contribution in [2.45, 2.75) is 39.5 Å². The van der Waals surface area contributed by atoms with Gasteiger partial charge in [0, 0.05) is 17.6 Å². The van der Waals surface area contributed by atoms with E-state index in [9.17, 15) is 9.59 Å². The first-order valence-corrected chi connectivity index (χ1v) is 5.13. The minimum Gasteiger partial charge on any atom is -0.463 e. The Morgan fingerprint density at radius 3 is 2.43 bits per heavy atom. The van der Waals surface area contributed by atoms with E-state index >= 15 is 0 Å². The van der Waals surface area contributed by atoms with Crippen LogP contribution < -0.4 is 0 Å². The van der Waals surface area contributed by atoms with E-state index < -0.39 is 0 Å². The Hall–Kier alpha value is -1.12. The molecule has 0 unspecified atom stereocenters. The Labute approximate surface area is 84.1 Å². The lowest BCUT2D eigenvalue weighted by molar-refractivity contribution is -0.138. The highest BCUT2D eigenvalue weighted by molar-refractivity contribution is 6.04. The molecule has 0 spiro atoms. The fourth-order valence-corrected chi connectivity index (χ4v) is 1.71. The van der Waals surface area contributed by atoms with Crippen LogP contribution in [-0.4, -0.2) is 18.4 Å². The molecular weight excluding hydrogens is 180 g/mol. The molecule has 3 heteroatoms. The average molecular weight is 196 g/mol. The number of ketones is 1. The van der Waals surface area contributed by atoms with Crippen molar-refractivity contribution in [1.82, 2.24) is 0 Å². The first kappa shape index (κ1) is 11.0. The molecule has 0 aromatic rings. The molecule has 14 heavy (non-hydrogen) atoms. The van der Waals surface area contributed by atoms with Gasteiger partial charge in [0.15, 0.2) is 5.78 Å². The molecule has 0 aromatic heterocycles. The Morgan fingerprint density at radius 2 is 1.86 bits per heavy atom. The first-order chi connectivity index (χ1) is 6.70. The summed E-state index contributed by atoms with van der Waals surface area (Å²) in [5.41, 5.74) is 1.31. The van der Waals surface area contributed by atoms with Crippen LogP contribution >= 0.6 is 0 Å². The van der Waals surface area contributed by atoms with Gasteiger partial charge in [0.2, 0.25) is 0 Å². The Kier molecular flexibility index (Phi) is 3.86. The third-order valence-electron chi connectivity index (χ3n) is 2.40. The summed E-state index contributed by atoms with van der Waals surface area (Å²) in [5, 5.41) is 0. The summed E-state index contributed by atoms with van der Waals surface area (Å²) in [5.74, 6) is -0.215. The quantitative estimate of drug-likeness (QED) is 0.646. The Bertz CT molecular complexity index is 276. The lowest BCUT2D eigenvalue weighted by Crippen LogP contribution is -2.10. The summed E-state index contributed by atoms with van der Waals surface area (Å²) in [4.78, 5) is 22.9. The molecular formula is C11H16O3. The van der Waals surface area contributed by atoms with Crippen molar-refractivity contribution in [2.75, 3.05) is 6.61 Å². The van der Waals surface area contributed by atoms with Gasteiger partial charge in [0.05, 0.1) is 6.61 Å². The molecule has 3 nitrogen and oxygen atoms in total. The summed E-state index contributed by atoms with van der Waals surface area (Å²) in [6.45, 7) is 3.96. The molecule has 0 heterocycles. The van der Waals surface area contributed by atoms with Gasteiger partial charge in [-0.1, -0.05) is 6.92 Å².